The second kappa shape index (κ2) is 11.2. The summed E-state index contributed by atoms with van der Waals surface area (Å²) in [5, 5.41) is 13.8. The lowest BCUT2D eigenvalue weighted by Crippen LogP contribution is -2.21. The molecule has 33 heavy (non-hydrogen) atoms. The molecule has 0 spiro atoms. The molecular formula is C23H24N4O5S. The van der Waals surface area contributed by atoms with Crippen molar-refractivity contribution in [2.45, 2.75) is 33.6 Å². The smallest absolute Gasteiger partial charge is 0.306 e. The highest BCUT2D eigenvalue weighted by Crippen LogP contribution is 2.25. The van der Waals surface area contributed by atoms with Crippen LogP contribution in [-0.4, -0.2) is 34.6 Å². The molecule has 2 aromatic carbocycles. The minimum atomic E-state index is -0.647. The quantitative estimate of drug-likeness (QED) is 0.453. The molecule has 3 rings (SSSR count). The number of nitrogens with one attached hydrogen (secondary N) is 2. The number of carbonyl (C=O) groups excluding carboxylic acids is 3. The van der Waals surface area contributed by atoms with Crippen molar-refractivity contribution in [3.63, 3.8) is 0 Å². The lowest BCUT2D eigenvalue weighted by atomic mass is 10.1. The van der Waals surface area contributed by atoms with E-state index in [9.17, 15) is 14.4 Å². The number of carbonyl (C=O) groups is 3. The Balaban J connectivity index is 1.37. The minimum absolute atomic E-state index is 0.0823. The molecule has 1 aromatic heterocycles. The van der Waals surface area contributed by atoms with Crippen molar-refractivity contribution in [3.8, 4) is 11.5 Å². The molecule has 9 nitrogen and oxygen atoms in total. The number of aromatic nitrogens is 2. The van der Waals surface area contributed by atoms with Crippen LogP contribution in [0.1, 0.15) is 29.0 Å². The SMILES string of the molecule is Cc1nnc(NC(=O)CCC(=O)OCC(=O)Nc2ccc(Oc3ccc(C)c(C)c3)cc2)s1. The van der Waals surface area contributed by atoms with E-state index in [0.29, 0.717) is 16.6 Å². The van der Waals surface area contributed by atoms with Gasteiger partial charge in [-0.3, -0.25) is 14.4 Å². The predicted molar refractivity (Wildman–Crippen MR) is 125 cm³/mol. The summed E-state index contributed by atoms with van der Waals surface area (Å²) in [7, 11) is 0. The third kappa shape index (κ3) is 7.69. The zero-order valence-electron chi connectivity index (χ0n) is 18.5. The zero-order chi connectivity index (χ0) is 23.8. The van der Waals surface area contributed by atoms with Gasteiger partial charge in [-0.05, 0) is 68.3 Å². The van der Waals surface area contributed by atoms with Crippen LogP contribution in [0.25, 0.3) is 0 Å². The average molecular weight is 469 g/mol. The van der Waals surface area contributed by atoms with Crippen LogP contribution in [0.4, 0.5) is 10.8 Å². The number of ether oxygens (including phenoxy) is 2. The number of amides is 2. The maximum absolute atomic E-state index is 12.0. The van der Waals surface area contributed by atoms with Gasteiger partial charge in [-0.25, -0.2) is 0 Å². The van der Waals surface area contributed by atoms with Gasteiger partial charge in [0, 0.05) is 12.1 Å². The van der Waals surface area contributed by atoms with Crippen molar-refractivity contribution < 1.29 is 23.9 Å². The fourth-order valence-electron chi connectivity index (χ4n) is 2.68. The van der Waals surface area contributed by atoms with Gasteiger partial charge < -0.3 is 20.1 Å². The van der Waals surface area contributed by atoms with Crippen molar-refractivity contribution in [2.75, 3.05) is 17.2 Å². The molecule has 0 aliphatic heterocycles. The number of rotatable bonds is 9. The van der Waals surface area contributed by atoms with Gasteiger partial charge in [0.15, 0.2) is 6.61 Å². The molecule has 0 aliphatic carbocycles. The van der Waals surface area contributed by atoms with Gasteiger partial charge in [0.2, 0.25) is 11.0 Å². The first-order valence-corrected chi connectivity index (χ1v) is 11.0. The van der Waals surface area contributed by atoms with E-state index >= 15 is 0 Å². The summed E-state index contributed by atoms with van der Waals surface area (Å²) in [6.45, 7) is 5.37. The maximum Gasteiger partial charge on any atom is 0.306 e. The number of hydrogen-bond acceptors (Lipinski definition) is 8. The molecule has 3 aromatic rings. The average Bonchev–Trinajstić information content (AvgIpc) is 3.19. The normalized spacial score (nSPS) is 10.4. The third-order valence-electron chi connectivity index (χ3n) is 4.54. The first kappa shape index (κ1) is 23.9. The zero-order valence-corrected chi connectivity index (χ0v) is 19.3. The van der Waals surface area contributed by atoms with Gasteiger partial charge in [-0.1, -0.05) is 17.4 Å². The van der Waals surface area contributed by atoms with Gasteiger partial charge in [-0.15, -0.1) is 10.2 Å². The molecule has 2 amide bonds. The Kier molecular flexibility index (Phi) is 8.09. The highest BCUT2D eigenvalue weighted by molar-refractivity contribution is 7.15. The molecular weight excluding hydrogens is 444 g/mol. The Bertz CT molecular complexity index is 1140. The molecule has 0 bridgehead atoms. The third-order valence-corrected chi connectivity index (χ3v) is 5.30. The molecule has 172 valence electrons. The summed E-state index contributed by atoms with van der Waals surface area (Å²) in [6, 6.07) is 12.7. The summed E-state index contributed by atoms with van der Waals surface area (Å²) < 4.78 is 10.7. The molecule has 0 saturated heterocycles. The maximum atomic E-state index is 12.0. The van der Waals surface area contributed by atoms with Crippen LogP contribution in [-0.2, 0) is 19.1 Å². The molecule has 10 heteroatoms. The van der Waals surface area contributed by atoms with E-state index in [0.717, 1.165) is 16.3 Å². The van der Waals surface area contributed by atoms with Crippen molar-refractivity contribution in [1.82, 2.24) is 10.2 Å². The highest BCUT2D eigenvalue weighted by atomic mass is 32.1. The van der Waals surface area contributed by atoms with E-state index in [1.807, 2.05) is 32.0 Å². The van der Waals surface area contributed by atoms with Crippen LogP contribution in [0.15, 0.2) is 42.5 Å². The predicted octanol–water partition coefficient (Wildman–Crippen LogP) is 4.16. The Hall–Kier alpha value is -3.79. The van der Waals surface area contributed by atoms with Crippen LogP contribution in [0, 0.1) is 20.8 Å². The number of anilines is 2. The number of esters is 1. The second-order valence-electron chi connectivity index (χ2n) is 7.26. The summed E-state index contributed by atoms with van der Waals surface area (Å²) in [5.41, 5.74) is 2.86. The summed E-state index contributed by atoms with van der Waals surface area (Å²) in [4.78, 5) is 35.6. The van der Waals surface area contributed by atoms with Crippen molar-refractivity contribution >= 4 is 39.9 Å². The van der Waals surface area contributed by atoms with Crippen LogP contribution in [0.5, 0.6) is 11.5 Å². The fraction of sp³-hybridized carbons (Fsp3) is 0.261. The number of nitrogens with zero attached hydrogens (tertiary/aromatic N) is 2. The van der Waals surface area contributed by atoms with Gasteiger partial charge >= 0.3 is 5.97 Å². The molecule has 0 saturated carbocycles. The molecule has 0 atom stereocenters. The van der Waals surface area contributed by atoms with Crippen LogP contribution >= 0.6 is 11.3 Å². The largest absolute Gasteiger partial charge is 0.457 e. The first-order chi connectivity index (χ1) is 15.8. The Morgan fingerprint density at radius 3 is 2.24 bits per heavy atom. The van der Waals surface area contributed by atoms with Gasteiger partial charge in [0.25, 0.3) is 5.91 Å². The molecule has 0 aliphatic rings. The monoisotopic (exact) mass is 468 g/mol. The summed E-state index contributed by atoms with van der Waals surface area (Å²) in [6.07, 6.45) is -0.234. The number of aryl methyl sites for hydroxylation is 3. The Morgan fingerprint density at radius 2 is 1.58 bits per heavy atom. The van der Waals surface area contributed by atoms with E-state index in [1.54, 1.807) is 31.2 Å². The fourth-order valence-corrected chi connectivity index (χ4v) is 3.29. The van der Waals surface area contributed by atoms with E-state index < -0.39 is 18.5 Å². The van der Waals surface area contributed by atoms with Gasteiger partial charge in [0.05, 0.1) is 6.42 Å². The Morgan fingerprint density at radius 1 is 0.848 bits per heavy atom. The van der Waals surface area contributed by atoms with E-state index in [-0.39, 0.29) is 18.7 Å². The topological polar surface area (TPSA) is 120 Å². The van der Waals surface area contributed by atoms with E-state index in [1.165, 1.54) is 16.9 Å². The highest BCUT2D eigenvalue weighted by Gasteiger charge is 2.12. The standard InChI is InChI=1S/C23H24N4O5S/c1-14-4-7-19(12-15(14)2)32-18-8-5-17(6-9-18)24-21(29)13-31-22(30)11-10-20(28)25-23-27-26-16(3)33-23/h4-9,12H,10-11,13H2,1-3H3,(H,24,29)(H,25,27,28). The van der Waals surface area contributed by atoms with Crippen LogP contribution in [0.2, 0.25) is 0 Å². The van der Waals surface area contributed by atoms with Crippen molar-refractivity contribution in [2.24, 2.45) is 0 Å². The molecule has 0 fully saturated rings. The Labute approximate surface area is 195 Å². The molecule has 1 heterocycles. The first-order valence-electron chi connectivity index (χ1n) is 10.2. The number of benzene rings is 2. The van der Waals surface area contributed by atoms with Crippen molar-refractivity contribution in [1.29, 1.82) is 0 Å². The molecule has 0 unspecified atom stereocenters. The lowest BCUT2D eigenvalue weighted by Gasteiger charge is -2.10. The second-order valence-corrected chi connectivity index (χ2v) is 8.44. The molecule has 2 N–H and O–H groups in total. The van der Waals surface area contributed by atoms with Gasteiger partial charge in [-0.2, -0.15) is 0 Å². The summed E-state index contributed by atoms with van der Waals surface area (Å²) in [5.74, 6) is -0.153. The van der Waals surface area contributed by atoms with Gasteiger partial charge in [0.1, 0.15) is 16.5 Å². The van der Waals surface area contributed by atoms with Crippen LogP contribution < -0.4 is 15.4 Å². The van der Waals surface area contributed by atoms with E-state index in [4.69, 9.17) is 9.47 Å². The molecule has 0 radical (unpaired) electrons. The van der Waals surface area contributed by atoms with Crippen LogP contribution in [0.3, 0.4) is 0 Å². The minimum Gasteiger partial charge on any atom is -0.457 e. The number of hydrogen-bond donors (Lipinski definition) is 2. The van der Waals surface area contributed by atoms with Crippen molar-refractivity contribution in [3.05, 3.63) is 58.6 Å². The van der Waals surface area contributed by atoms with E-state index in [2.05, 4.69) is 20.8 Å². The lowest BCUT2D eigenvalue weighted by molar-refractivity contribution is -0.147. The summed E-state index contributed by atoms with van der Waals surface area (Å²) >= 11 is 1.24.